The van der Waals surface area contributed by atoms with Gasteiger partial charge in [0, 0.05) is 0 Å². The Morgan fingerprint density at radius 2 is 1.94 bits per heavy atom. The first-order valence-corrected chi connectivity index (χ1v) is 7.21. The Bertz CT molecular complexity index is 327. The van der Waals surface area contributed by atoms with Crippen LogP contribution in [0, 0.1) is 0 Å². The van der Waals surface area contributed by atoms with Gasteiger partial charge in [-0.25, -0.2) is 0 Å². The van der Waals surface area contributed by atoms with E-state index in [-0.39, 0.29) is 5.60 Å². The second-order valence-corrected chi connectivity index (χ2v) is 6.14. The summed E-state index contributed by atoms with van der Waals surface area (Å²) < 4.78 is 6.04. The topological polar surface area (TPSA) is 9.23 Å². The van der Waals surface area contributed by atoms with E-state index in [1.807, 2.05) is 6.08 Å². The van der Waals surface area contributed by atoms with E-state index in [1.54, 1.807) is 0 Å². The predicted molar refractivity (Wildman–Crippen MR) is 74.8 cm³/mol. The van der Waals surface area contributed by atoms with Crippen molar-refractivity contribution < 1.29 is 4.43 Å². The van der Waals surface area contributed by atoms with Crippen molar-refractivity contribution in [1.82, 2.24) is 0 Å². The monoisotopic (exact) mass is 234 g/mol. The van der Waals surface area contributed by atoms with E-state index >= 15 is 0 Å². The summed E-state index contributed by atoms with van der Waals surface area (Å²) >= 11 is 0. The van der Waals surface area contributed by atoms with E-state index in [4.69, 9.17) is 4.43 Å². The van der Waals surface area contributed by atoms with E-state index in [0.717, 1.165) is 6.42 Å². The van der Waals surface area contributed by atoms with Crippen LogP contribution in [0.15, 0.2) is 30.8 Å². The molecule has 0 saturated carbocycles. The molecule has 0 unspecified atom stereocenters. The van der Waals surface area contributed by atoms with Crippen LogP contribution in [0.4, 0.5) is 0 Å². The van der Waals surface area contributed by atoms with Gasteiger partial charge in [0.15, 0.2) is 9.76 Å². The molecule has 0 spiro atoms. The molecule has 88 valence electrons. The average Bonchev–Trinajstić information content (AvgIpc) is 2.27. The third kappa shape index (κ3) is 4.33. The molecule has 0 aromatic heterocycles. The smallest absolute Gasteiger partial charge is 0.192 e. The van der Waals surface area contributed by atoms with Gasteiger partial charge in [0.1, 0.15) is 0 Å². The van der Waals surface area contributed by atoms with Crippen molar-refractivity contribution in [2.45, 2.75) is 39.2 Å². The Balaban J connectivity index is 2.51. The predicted octanol–water partition coefficient (Wildman–Crippen LogP) is 2.63. The zero-order chi connectivity index (χ0) is 12.0. The molecule has 0 atom stereocenters. The largest absolute Gasteiger partial charge is 0.414 e. The normalized spacial score (nSPS) is 12.2. The highest BCUT2D eigenvalue weighted by Crippen LogP contribution is 2.15. The average molecular weight is 234 g/mol. The fourth-order valence-electron chi connectivity index (χ4n) is 1.70. The van der Waals surface area contributed by atoms with E-state index in [9.17, 15) is 0 Å². The van der Waals surface area contributed by atoms with E-state index in [0.29, 0.717) is 0 Å². The van der Waals surface area contributed by atoms with Crippen LogP contribution in [0.5, 0.6) is 0 Å². The SMILES string of the molecule is C=Cc1ccc([SiH2]OC(C)(C)CCC)cc1. The maximum Gasteiger partial charge on any atom is 0.192 e. The quantitative estimate of drug-likeness (QED) is 0.688. The Labute approximate surface area is 101 Å². The lowest BCUT2D eigenvalue weighted by molar-refractivity contribution is 0.107. The van der Waals surface area contributed by atoms with Crippen LogP contribution in [0.1, 0.15) is 39.2 Å². The van der Waals surface area contributed by atoms with Crippen LogP contribution in [0.25, 0.3) is 6.08 Å². The summed E-state index contributed by atoms with van der Waals surface area (Å²) in [6.07, 6.45) is 4.18. The van der Waals surface area contributed by atoms with Crippen molar-refractivity contribution in [1.29, 1.82) is 0 Å². The summed E-state index contributed by atoms with van der Waals surface area (Å²) in [5, 5.41) is 1.36. The van der Waals surface area contributed by atoms with Crippen molar-refractivity contribution in [2.24, 2.45) is 0 Å². The van der Waals surface area contributed by atoms with E-state index < -0.39 is 9.76 Å². The summed E-state index contributed by atoms with van der Waals surface area (Å²) in [7, 11) is -0.594. The van der Waals surface area contributed by atoms with Gasteiger partial charge in [0.05, 0.1) is 5.60 Å². The van der Waals surface area contributed by atoms with Crippen molar-refractivity contribution in [2.75, 3.05) is 0 Å². The van der Waals surface area contributed by atoms with E-state index in [2.05, 4.69) is 51.6 Å². The molecule has 16 heavy (non-hydrogen) atoms. The van der Waals surface area contributed by atoms with Crippen molar-refractivity contribution in [3.63, 3.8) is 0 Å². The highest BCUT2D eigenvalue weighted by atomic mass is 28.2. The molecule has 0 radical (unpaired) electrons. The van der Waals surface area contributed by atoms with Gasteiger partial charge in [0.2, 0.25) is 0 Å². The summed E-state index contributed by atoms with van der Waals surface area (Å²) in [4.78, 5) is 0. The highest BCUT2D eigenvalue weighted by Gasteiger charge is 2.16. The molecular formula is C14H22OSi. The molecule has 1 nitrogen and oxygen atoms in total. The molecule has 0 saturated heterocycles. The van der Waals surface area contributed by atoms with Crippen LogP contribution in [-0.4, -0.2) is 15.4 Å². The lowest BCUT2D eigenvalue weighted by atomic mass is 10.0. The molecule has 0 N–H and O–H groups in total. The molecule has 0 amide bonds. The minimum atomic E-state index is -0.594. The molecule has 1 aromatic rings. The van der Waals surface area contributed by atoms with Crippen LogP contribution in [0.2, 0.25) is 0 Å². The number of hydrogen-bond donors (Lipinski definition) is 0. The number of benzene rings is 1. The molecule has 2 heteroatoms. The molecule has 1 rings (SSSR count). The van der Waals surface area contributed by atoms with Gasteiger partial charge >= 0.3 is 0 Å². The Kier molecular flexibility index (Phi) is 4.96. The van der Waals surface area contributed by atoms with Crippen molar-refractivity contribution in [3.05, 3.63) is 36.4 Å². The van der Waals surface area contributed by atoms with Crippen LogP contribution in [-0.2, 0) is 4.43 Å². The second kappa shape index (κ2) is 6.02. The fourth-order valence-corrected chi connectivity index (χ4v) is 2.83. The van der Waals surface area contributed by atoms with E-state index in [1.165, 1.54) is 17.2 Å². The zero-order valence-corrected chi connectivity index (χ0v) is 12.0. The van der Waals surface area contributed by atoms with Crippen LogP contribution < -0.4 is 5.19 Å². The third-order valence-corrected chi connectivity index (χ3v) is 4.43. The highest BCUT2D eigenvalue weighted by molar-refractivity contribution is 6.47. The molecular weight excluding hydrogens is 212 g/mol. The second-order valence-electron chi connectivity index (χ2n) is 4.74. The van der Waals surface area contributed by atoms with Gasteiger partial charge in [-0.2, -0.15) is 0 Å². The van der Waals surface area contributed by atoms with Crippen LogP contribution >= 0.6 is 0 Å². The van der Waals surface area contributed by atoms with Gasteiger partial charge in [-0.3, -0.25) is 0 Å². The van der Waals surface area contributed by atoms with Gasteiger partial charge in [-0.15, -0.1) is 0 Å². The van der Waals surface area contributed by atoms with Gasteiger partial charge in [-0.05, 0) is 31.0 Å². The first-order chi connectivity index (χ1) is 7.57. The Morgan fingerprint density at radius 3 is 2.44 bits per heavy atom. The maximum absolute atomic E-state index is 6.04. The zero-order valence-electron chi connectivity index (χ0n) is 10.6. The fraction of sp³-hybridized carbons (Fsp3) is 0.429. The van der Waals surface area contributed by atoms with Crippen LogP contribution in [0.3, 0.4) is 0 Å². The van der Waals surface area contributed by atoms with Crippen molar-refractivity contribution >= 4 is 21.0 Å². The summed E-state index contributed by atoms with van der Waals surface area (Å²) in [5.41, 5.74) is 1.21. The van der Waals surface area contributed by atoms with Gasteiger partial charge < -0.3 is 4.43 Å². The molecule has 0 aliphatic heterocycles. The minimum Gasteiger partial charge on any atom is -0.414 e. The first-order valence-electron chi connectivity index (χ1n) is 5.93. The van der Waals surface area contributed by atoms with Crippen molar-refractivity contribution in [3.8, 4) is 0 Å². The maximum atomic E-state index is 6.04. The van der Waals surface area contributed by atoms with Gasteiger partial charge in [-0.1, -0.05) is 50.3 Å². The standard InChI is InChI=1S/C14H22OSi/c1-5-11-14(3,4)15-16-13-9-7-12(6-2)8-10-13/h6-10H,2,5,11,16H2,1,3-4H3. The Morgan fingerprint density at radius 1 is 1.31 bits per heavy atom. The summed E-state index contributed by atoms with van der Waals surface area (Å²) in [6.45, 7) is 10.3. The third-order valence-electron chi connectivity index (χ3n) is 2.70. The number of hydrogen-bond acceptors (Lipinski definition) is 1. The first kappa shape index (κ1) is 13.2. The summed E-state index contributed by atoms with van der Waals surface area (Å²) in [5.74, 6) is 0. The lowest BCUT2D eigenvalue weighted by Crippen LogP contribution is -2.31. The molecule has 1 aromatic carbocycles. The van der Waals surface area contributed by atoms with Gasteiger partial charge in [0.25, 0.3) is 0 Å². The minimum absolute atomic E-state index is 0.0398. The molecule has 0 heterocycles. The molecule has 0 bridgehead atoms. The lowest BCUT2D eigenvalue weighted by Gasteiger charge is -2.25. The summed E-state index contributed by atoms with van der Waals surface area (Å²) in [6, 6.07) is 8.52. The Hall–Kier alpha value is -0.863. The molecule has 0 aliphatic rings. The number of rotatable bonds is 6. The molecule has 0 aliphatic carbocycles. The molecule has 0 fully saturated rings.